The Kier molecular flexibility index (Phi) is 7.83. The van der Waals surface area contributed by atoms with Gasteiger partial charge in [0.1, 0.15) is 33.6 Å². The number of aliphatic hydroxyl groups is 1. The normalized spacial score (nSPS) is 15.9. The first kappa shape index (κ1) is 23.3. The summed E-state index contributed by atoms with van der Waals surface area (Å²) < 4.78 is 21.3. The predicted molar refractivity (Wildman–Crippen MR) is 126 cm³/mol. The number of hydrogen-bond acceptors (Lipinski definition) is 8. The van der Waals surface area contributed by atoms with E-state index in [1.165, 1.54) is 11.8 Å². The molecule has 0 aliphatic carbocycles. The minimum absolute atomic E-state index is 0.0267. The molecule has 1 aliphatic heterocycles. The fraction of sp³-hybridized carbons (Fsp3) is 0.250. The van der Waals surface area contributed by atoms with E-state index in [-0.39, 0.29) is 17.9 Å². The fourth-order valence-electron chi connectivity index (χ4n) is 2.99. The molecule has 0 saturated carbocycles. The van der Waals surface area contributed by atoms with Gasteiger partial charge in [0.05, 0.1) is 38.0 Å². The highest BCUT2D eigenvalue weighted by Crippen LogP contribution is 2.41. The van der Waals surface area contributed by atoms with Gasteiger partial charge in [0.25, 0.3) is 0 Å². The van der Waals surface area contributed by atoms with Gasteiger partial charge in [-0.3, -0.25) is 0 Å². The van der Waals surface area contributed by atoms with Crippen molar-refractivity contribution < 1.29 is 28.8 Å². The van der Waals surface area contributed by atoms with Gasteiger partial charge in [-0.2, -0.15) is 0 Å². The molecule has 2 aromatic rings. The van der Waals surface area contributed by atoms with Crippen molar-refractivity contribution in [1.29, 1.82) is 0 Å². The Hall–Kier alpha value is -3.39. The monoisotopic (exact) mass is 455 g/mol. The zero-order chi connectivity index (χ0) is 23.1. The Morgan fingerprint density at radius 2 is 1.75 bits per heavy atom. The lowest BCUT2D eigenvalue weighted by Gasteiger charge is -2.08. The summed E-state index contributed by atoms with van der Waals surface area (Å²) in [6, 6.07) is 12.5. The molecule has 0 bridgehead atoms. The van der Waals surface area contributed by atoms with E-state index in [2.05, 4.69) is 4.99 Å². The maximum atomic E-state index is 12.6. The van der Waals surface area contributed by atoms with Crippen LogP contribution in [-0.2, 0) is 9.53 Å². The number of hydrogen-bond donors (Lipinski definition) is 1. The first-order chi connectivity index (χ1) is 15.5. The molecule has 0 amide bonds. The van der Waals surface area contributed by atoms with Gasteiger partial charge in [-0.05, 0) is 62.4 Å². The minimum Gasteiger partial charge on any atom is -0.506 e. The number of carbonyl (C=O) groups is 1. The highest BCUT2D eigenvalue weighted by Gasteiger charge is 2.33. The number of methoxy groups -OCH3 is 2. The molecular formula is C24H25NO6S. The second-order valence-electron chi connectivity index (χ2n) is 6.51. The summed E-state index contributed by atoms with van der Waals surface area (Å²) >= 11 is 1.18. The molecule has 7 nitrogen and oxygen atoms in total. The van der Waals surface area contributed by atoms with Crippen molar-refractivity contribution in [3.8, 4) is 17.2 Å². The number of thioether (sulfide) groups is 1. The molecule has 1 N–H and O–H groups in total. The Bertz CT molecular complexity index is 1070. The van der Waals surface area contributed by atoms with Gasteiger partial charge in [0.2, 0.25) is 0 Å². The lowest BCUT2D eigenvalue weighted by molar-refractivity contribution is -0.138. The molecule has 0 unspecified atom stereocenters. The van der Waals surface area contributed by atoms with Crippen molar-refractivity contribution >= 4 is 34.5 Å². The predicted octanol–water partition coefficient (Wildman–Crippen LogP) is 5.30. The Morgan fingerprint density at radius 1 is 1.03 bits per heavy atom. The number of aliphatic imine (C=N–C) groups is 1. The Morgan fingerprint density at radius 3 is 2.38 bits per heavy atom. The van der Waals surface area contributed by atoms with E-state index < -0.39 is 5.97 Å². The van der Waals surface area contributed by atoms with E-state index in [0.717, 1.165) is 5.75 Å². The van der Waals surface area contributed by atoms with Crippen LogP contribution in [0, 0.1) is 0 Å². The van der Waals surface area contributed by atoms with Crippen molar-refractivity contribution in [1.82, 2.24) is 0 Å². The van der Waals surface area contributed by atoms with E-state index in [1.807, 2.05) is 6.92 Å². The standard InChI is InChI=1S/C24H25NO6S/c1-5-30-17-9-7-16(8-10-17)25-23-21(24(27)31-6-2)22(26)20(32-23)14-15-13-18(28-3)11-12-19(15)29-4/h7-14,26H,5-6H2,1-4H3/b20-14+,25-23?. The second kappa shape index (κ2) is 10.8. The molecule has 0 radical (unpaired) electrons. The number of nitrogens with zero attached hydrogens (tertiary/aromatic N) is 1. The maximum Gasteiger partial charge on any atom is 0.344 e. The van der Waals surface area contributed by atoms with Gasteiger partial charge in [0, 0.05) is 5.56 Å². The van der Waals surface area contributed by atoms with Crippen molar-refractivity contribution in [2.24, 2.45) is 4.99 Å². The smallest absolute Gasteiger partial charge is 0.344 e. The second-order valence-corrected chi connectivity index (χ2v) is 7.54. The minimum atomic E-state index is -0.636. The number of carbonyl (C=O) groups excluding carboxylic acids is 1. The largest absolute Gasteiger partial charge is 0.506 e. The van der Waals surface area contributed by atoms with Crippen LogP contribution in [0.25, 0.3) is 6.08 Å². The molecule has 2 aromatic carbocycles. The van der Waals surface area contributed by atoms with Crippen LogP contribution in [0.4, 0.5) is 5.69 Å². The van der Waals surface area contributed by atoms with Gasteiger partial charge >= 0.3 is 5.97 Å². The molecule has 8 heteroatoms. The molecule has 0 aromatic heterocycles. The first-order valence-electron chi connectivity index (χ1n) is 10.0. The molecule has 168 valence electrons. The Balaban J connectivity index is 2.03. The molecule has 3 rings (SSSR count). The summed E-state index contributed by atoms with van der Waals surface area (Å²) in [5, 5.41) is 11.2. The lowest BCUT2D eigenvalue weighted by atomic mass is 10.1. The van der Waals surface area contributed by atoms with E-state index >= 15 is 0 Å². The van der Waals surface area contributed by atoms with Crippen molar-refractivity contribution in [2.75, 3.05) is 27.4 Å². The van der Waals surface area contributed by atoms with Crippen molar-refractivity contribution in [2.45, 2.75) is 13.8 Å². The molecule has 0 atom stereocenters. The van der Waals surface area contributed by atoms with Crippen LogP contribution in [-0.4, -0.2) is 43.6 Å². The number of benzene rings is 2. The molecule has 1 heterocycles. The quantitative estimate of drug-likeness (QED) is 0.541. The Labute approximate surface area is 191 Å². The summed E-state index contributed by atoms with van der Waals surface area (Å²) in [6.45, 7) is 4.36. The van der Waals surface area contributed by atoms with E-state index in [9.17, 15) is 9.90 Å². The summed E-state index contributed by atoms with van der Waals surface area (Å²) in [5.74, 6) is 1.13. The van der Waals surface area contributed by atoms with Crippen LogP contribution in [0.2, 0.25) is 0 Å². The highest BCUT2D eigenvalue weighted by molar-refractivity contribution is 8.18. The average Bonchev–Trinajstić information content (AvgIpc) is 3.10. The van der Waals surface area contributed by atoms with E-state index in [4.69, 9.17) is 18.9 Å². The van der Waals surface area contributed by atoms with Gasteiger partial charge < -0.3 is 24.1 Å². The van der Waals surface area contributed by atoms with Crippen LogP contribution >= 0.6 is 11.8 Å². The summed E-state index contributed by atoms with van der Waals surface area (Å²) in [6.07, 6.45) is 1.72. The van der Waals surface area contributed by atoms with Crippen LogP contribution in [0.15, 0.2) is 63.7 Å². The zero-order valence-corrected chi connectivity index (χ0v) is 19.2. The van der Waals surface area contributed by atoms with E-state index in [1.54, 1.807) is 69.7 Å². The number of aliphatic hydroxyl groups excluding tert-OH is 1. The molecular weight excluding hydrogens is 430 g/mol. The molecule has 0 saturated heterocycles. The summed E-state index contributed by atoms with van der Waals surface area (Å²) in [7, 11) is 3.13. The average molecular weight is 456 g/mol. The van der Waals surface area contributed by atoms with Gasteiger partial charge in [-0.15, -0.1) is 0 Å². The van der Waals surface area contributed by atoms with Gasteiger partial charge in [0.15, 0.2) is 0 Å². The van der Waals surface area contributed by atoms with Crippen LogP contribution in [0.5, 0.6) is 17.2 Å². The van der Waals surface area contributed by atoms with Crippen molar-refractivity contribution in [3.05, 3.63) is 64.3 Å². The highest BCUT2D eigenvalue weighted by atomic mass is 32.2. The SMILES string of the molecule is CCOC(=O)C1=C(O)/C(=C\c2cc(OC)ccc2OC)SC1=Nc1ccc(OCC)cc1. The first-order valence-corrected chi connectivity index (χ1v) is 10.9. The fourth-order valence-corrected chi connectivity index (χ4v) is 4.01. The maximum absolute atomic E-state index is 12.6. The molecule has 0 fully saturated rings. The summed E-state index contributed by atoms with van der Waals surface area (Å²) in [4.78, 5) is 17.6. The van der Waals surface area contributed by atoms with Crippen LogP contribution < -0.4 is 14.2 Å². The lowest BCUT2D eigenvalue weighted by Crippen LogP contribution is -2.12. The van der Waals surface area contributed by atoms with Crippen LogP contribution in [0.1, 0.15) is 19.4 Å². The zero-order valence-electron chi connectivity index (χ0n) is 18.4. The van der Waals surface area contributed by atoms with Gasteiger partial charge in [-0.25, -0.2) is 9.79 Å². The molecule has 1 aliphatic rings. The van der Waals surface area contributed by atoms with Crippen LogP contribution in [0.3, 0.4) is 0 Å². The topological polar surface area (TPSA) is 86.6 Å². The number of esters is 1. The summed E-state index contributed by atoms with van der Waals surface area (Å²) in [5.41, 5.74) is 1.33. The number of ether oxygens (including phenoxy) is 4. The van der Waals surface area contributed by atoms with Crippen molar-refractivity contribution in [3.63, 3.8) is 0 Å². The third-order valence-electron chi connectivity index (χ3n) is 4.47. The van der Waals surface area contributed by atoms with E-state index in [0.29, 0.717) is 39.3 Å². The third kappa shape index (κ3) is 5.26. The molecule has 32 heavy (non-hydrogen) atoms. The number of rotatable bonds is 8. The van der Waals surface area contributed by atoms with Gasteiger partial charge in [-0.1, -0.05) is 11.8 Å². The third-order valence-corrected chi connectivity index (χ3v) is 5.49. The molecule has 0 spiro atoms.